The minimum Gasteiger partial charge on any atom is -0.465 e. The Labute approximate surface area is 99.8 Å². The summed E-state index contributed by atoms with van der Waals surface area (Å²) in [6.07, 6.45) is -1.15. The van der Waals surface area contributed by atoms with Crippen molar-refractivity contribution in [1.82, 2.24) is 5.32 Å². The second-order valence-corrected chi connectivity index (χ2v) is 4.72. The quantitative estimate of drug-likeness (QED) is 0.737. The molecule has 0 saturated heterocycles. The summed E-state index contributed by atoms with van der Waals surface area (Å²) in [4.78, 5) is 22.3. The summed E-state index contributed by atoms with van der Waals surface area (Å²) in [6, 6.07) is 6.34. The molecule has 0 radical (unpaired) electrons. The molecule has 1 aromatic rings. The van der Waals surface area contributed by atoms with Crippen molar-refractivity contribution >= 4 is 17.7 Å². The van der Waals surface area contributed by atoms with E-state index in [9.17, 15) is 9.59 Å². The zero-order valence-corrected chi connectivity index (χ0v) is 10.1. The van der Waals surface area contributed by atoms with Crippen molar-refractivity contribution in [3.63, 3.8) is 0 Å². The topological polar surface area (TPSA) is 78.4 Å². The van der Waals surface area contributed by atoms with Crippen LogP contribution in [0.25, 0.3) is 0 Å². The highest BCUT2D eigenvalue weighted by molar-refractivity contribution is 5.96. The number of rotatable bonds is 2. The number of amides is 2. The van der Waals surface area contributed by atoms with E-state index in [0.29, 0.717) is 11.3 Å². The van der Waals surface area contributed by atoms with E-state index in [0.717, 1.165) is 0 Å². The molecule has 17 heavy (non-hydrogen) atoms. The van der Waals surface area contributed by atoms with Crippen LogP contribution in [0.1, 0.15) is 31.1 Å². The van der Waals surface area contributed by atoms with Gasteiger partial charge in [-0.05, 0) is 39.0 Å². The summed E-state index contributed by atoms with van der Waals surface area (Å²) in [5, 5.41) is 13.6. The number of carbonyl (C=O) groups is 2. The lowest BCUT2D eigenvalue weighted by Gasteiger charge is -2.20. The summed E-state index contributed by atoms with van der Waals surface area (Å²) in [7, 11) is 0. The molecule has 5 nitrogen and oxygen atoms in total. The summed E-state index contributed by atoms with van der Waals surface area (Å²) in [6.45, 7) is 5.64. The molecule has 0 fully saturated rings. The number of carbonyl (C=O) groups excluding carboxylic acids is 1. The molecule has 0 atom stereocenters. The molecule has 92 valence electrons. The van der Waals surface area contributed by atoms with Crippen LogP contribution in [0, 0.1) is 0 Å². The van der Waals surface area contributed by atoms with E-state index in [2.05, 4.69) is 10.6 Å². The van der Waals surface area contributed by atoms with E-state index in [1.54, 1.807) is 18.2 Å². The number of benzene rings is 1. The van der Waals surface area contributed by atoms with Gasteiger partial charge in [0.2, 0.25) is 0 Å². The Balaban J connectivity index is 2.84. The van der Waals surface area contributed by atoms with Crippen molar-refractivity contribution in [2.75, 3.05) is 5.32 Å². The second-order valence-electron chi connectivity index (χ2n) is 4.72. The number of nitrogens with one attached hydrogen (secondary N) is 2. The Kier molecular flexibility index (Phi) is 3.73. The van der Waals surface area contributed by atoms with E-state index in [1.807, 2.05) is 20.8 Å². The Morgan fingerprint density at radius 1 is 1.24 bits per heavy atom. The first-order valence-electron chi connectivity index (χ1n) is 5.20. The van der Waals surface area contributed by atoms with E-state index >= 15 is 0 Å². The van der Waals surface area contributed by atoms with Crippen molar-refractivity contribution < 1.29 is 14.7 Å². The normalized spacial score (nSPS) is 10.8. The molecule has 1 aromatic carbocycles. The molecule has 5 heteroatoms. The maximum Gasteiger partial charge on any atom is 0.409 e. The van der Waals surface area contributed by atoms with Crippen molar-refractivity contribution in [3.8, 4) is 0 Å². The fraction of sp³-hybridized carbons (Fsp3) is 0.333. The standard InChI is InChI=1S/C12H16N2O3/c1-12(2,3)14-10(15)8-5-4-6-9(7-8)13-11(16)17/h4-7,13H,1-3H3,(H,14,15)(H,16,17). The van der Waals surface area contributed by atoms with Crippen LogP contribution in [0.2, 0.25) is 0 Å². The maximum absolute atomic E-state index is 11.8. The van der Waals surface area contributed by atoms with Crippen LogP contribution < -0.4 is 10.6 Å². The molecule has 0 spiro atoms. The number of hydrogen-bond donors (Lipinski definition) is 3. The largest absolute Gasteiger partial charge is 0.465 e. The zero-order valence-electron chi connectivity index (χ0n) is 10.1. The lowest BCUT2D eigenvalue weighted by atomic mass is 10.1. The van der Waals surface area contributed by atoms with Gasteiger partial charge in [-0.15, -0.1) is 0 Å². The molecule has 0 aromatic heterocycles. The van der Waals surface area contributed by atoms with E-state index in [-0.39, 0.29) is 11.4 Å². The molecule has 0 aliphatic carbocycles. The summed E-state index contributed by atoms with van der Waals surface area (Å²) in [5.41, 5.74) is 0.470. The van der Waals surface area contributed by atoms with Gasteiger partial charge in [0, 0.05) is 16.8 Å². The van der Waals surface area contributed by atoms with Gasteiger partial charge in [-0.2, -0.15) is 0 Å². The SMILES string of the molecule is CC(C)(C)NC(=O)c1cccc(NC(=O)O)c1. The first-order valence-corrected chi connectivity index (χ1v) is 5.20. The molecule has 0 saturated carbocycles. The van der Waals surface area contributed by atoms with E-state index in [1.165, 1.54) is 6.07 Å². The summed E-state index contributed by atoms with van der Waals surface area (Å²) < 4.78 is 0. The smallest absolute Gasteiger partial charge is 0.409 e. The van der Waals surface area contributed by atoms with Gasteiger partial charge >= 0.3 is 6.09 Å². The number of carboxylic acid groups (broad SMARTS) is 1. The van der Waals surface area contributed by atoms with Crippen LogP contribution in [0.3, 0.4) is 0 Å². The van der Waals surface area contributed by atoms with Gasteiger partial charge in [0.15, 0.2) is 0 Å². The van der Waals surface area contributed by atoms with Crippen molar-refractivity contribution in [2.24, 2.45) is 0 Å². The average Bonchev–Trinajstić information content (AvgIpc) is 2.14. The fourth-order valence-electron chi connectivity index (χ4n) is 1.27. The highest BCUT2D eigenvalue weighted by Crippen LogP contribution is 2.11. The Morgan fingerprint density at radius 3 is 2.41 bits per heavy atom. The van der Waals surface area contributed by atoms with Gasteiger partial charge in [0.05, 0.1) is 0 Å². The van der Waals surface area contributed by atoms with Crippen LogP contribution in [0.4, 0.5) is 10.5 Å². The third kappa shape index (κ3) is 4.55. The molecule has 0 heterocycles. The van der Waals surface area contributed by atoms with Crippen LogP contribution in [0.15, 0.2) is 24.3 Å². The minimum absolute atomic E-state index is 0.230. The molecule has 2 amide bonds. The molecule has 3 N–H and O–H groups in total. The Morgan fingerprint density at radius 2 is 1.88 bits per heavy atom. The monoisotopic (exact) mass is 236 g/mol. The molecule has 0 aliphatic heterocycles. The first kappa shape index (κ1) is 13.0. The van der Waals surface area contributed by atoms with Gasteiger partial charge in [-0.25, -0.2) is 4.79 Å². The van der Waals surface area contributed by atoms with Gasteiger partial charge in [0.1, 0.15) is 0 Å². The van der Waals surface area contributed by atoms with Crippen LogP contribution in [-0.2, 0) is 0 Å². The van der Waals surface area contributed by atoms with Gasteiger partial charge < -0.3 is 10.4 Å². The highest BCUT2D eigenvalue weighted by atomic mass is 16.4. The molecule has 1 rings (SSSR count). The fourth-order valence-corrected chi connectivity index (χ4v) is 1.27. The predicted molar refractivity (Wildman–Crippen MR) is 65.3 cm³/mol. The van der Waals surface area contributed by atoms with Crippen molar-refractivity contribution in [2.45, 2.75) is 26.3 Å². The average molecular weight is 236 g/mol. The molecule has 0 unspecified atom stereocenters. The van der Waals surface area contributed by atoms with Crippen LogP contribution in [-0.4, -0.2) is 22.6 Å². The van der Waals surface area contributed by atoms with Gasteiger partial charge in [-0.3, -0.25) is 10.1 Å². The van der Waals surface area contributed by atoms with E-state index < -0.39 is 6.09 Å². The minimum atomic E-state index is -1.15. The zero-order chi connectivity index (χ0) is 13.1. The molecule has 0 aliphatic rings. The predicted octanol–water partition coefficient (Wildman–Crippen LogP) is 2.30. The summed E-state index contributed by atoms with van der Waals surface area (Å²) in [5.74, 6) is -0.230. The third-order valence-corrected chi connectivity index (χ3v) is 1.86. The molecular weight excluding hydrogens is 220 g/mol. The number of hydrogen-bond acceptors (Lipinski definition) is 2. The summed E-state index contributed by atoms with van der Waals surface area (Å²) >= 11 is 0. The van der Waals surface area contributed by atoms with Crippen LogP contribution >= 0.6 is 0 Å². The third-order valence-electron chi connectivity index (χ3n) is 1.86. The number of anilines is 1. The Bertz CT molecular complexity index is 436. The second kappa shape index (κ2) is 4.86. The maximum atomic E-state index is 11.8. The van der Waals surface area contributed by atoms with Crippen molar-refractivity contribution in [1.29, 1.82) is 0 Å². The van der Waals surface area contributed by atoms with Crippen LogP contribution in [0.5, 0.6) is 0 Å². The van der Waals surface area contributed by atoms with Crippen molar-refractivity contribution in [3.05, 3.63) is 29.8 Å². The highest BCUT2D eigenvalue weighted by Gasteiger charge is 2.15. The first-order chi connectivity index (χ1) is 7.78. The molecular formula is C12H16N2O3. The Hall–Kier alpha value is -2.04. The van der Waals surface area contributed by atoms with Gasteiger partial charge in [-0.1, -0.05) is 6.07 Å². The molecule has 0 bridgehead atoms. The lowest BCUT2D eigenvalue weighted by Crippen LogP contribution is -2.40. The lowest BCUT2D eigenvalue weighted by molar-refractivity contribution is 0.0919. The van der Waals surface area contributed by atoms with Gasteiger partial charge in [0.25, 0.3) is 5.91 Å². The van der Waals surface area contributed by atoms with E-state index in [4.69, 9.17) is 5.11 Å².